The van der Waals surface area contributed by atoms with Gasteiger partial charge in [-0.2, -0.15) is 0 Å². The Kier molecular flexibility index (Phi) is 8.03. The number of hydrogen-bond donors (Lipinski definition) is 1. The van der Waals surface area contributed by atoms with Crippen LogP contribution in [0.4, 0.5) is 0 Å². The Morgan fingerprint density at radius 2 is 1.76 bits per heavy atom. The van der Waals surface area contributed by atoms with Gasteiger partial charge in [-0.25, -0.2) is 4.79 Å². The predicted octanol–water partition coefficient (Wildman–Crippen LogP) is 6.14. The molecule has 0 atom stereocenters. The number of rotatable bonds is 10. The van der Waals surface area contributed by atoms with Crippen molar-refractivity contribution in [2.75, 3.05) is 14.2 Å². The molecule has 0 amide bonds. The summed E-state index contributed by atoms with van der Waals surface area (Å²) in [4.78, 5) is 12.5. The largest absolute Gasteiger partial charge is 0.497 e. The Hall–Kier alpha value is -3.98. The number of fused-ring (bicyclic) bond motifs is 1. The molecule has 9 heteroatoms. The molecule has 1 N–H and O–H groups in total. The summed E-state index contributed by atoms with van der Waals surface area (Å²) in [6.45, 7) is 6.37. The third kappa shape index (κ3) is 5.72. The molecule has 0 unspecified atom stereocenters. The van der Waals surface area contributed by atoms with Gasteiger partial charge in [0.25, 0.3) is 0 Å². The highest BCUT2D eigenvalue weighted by molar-refractivity contribution is 8.04. The number of carboxylic acid groups (broad SMARTS) is 1. The Bertz CT molecular complexity index is 1440. The van der Waals surface area contributed by atoms with Gasteiger partial charge in [-0.3, -0.25) is 0 Å². The van der Waals surface area contributed by atoms with E-state index in [1.807, 2.05) is 73.9 Å². The highest BCUT2D eigenvalue weighted by atomic mass is 32.2. The van der Waals surface area contributed by atoms with E-state index in [1.165, 1.54) is 0 Å². The second-order valence-corrected chi connectivity index (χ2v) is 9.44. The van der Waals surface area contributed by atoms with Crippen LogP contribution in [0.15, 0.2) is 64.7 Å². The smallest absolute Gasteiger partial charge is 0.342 e. The predicted molar refractivity (Wildman–Crippen MR) is 145 cm³/mol. The number of ether oxygens (including phenoxy) is 3. The first-order valence-electron chi connectivity index (χ1n) is 11.8. The minimum Gasteiger partial charge on any atom is -0.497 e. The van der Waals surface area contributed by atoms with Crippen LogP contribution in [-0.2, 0) is 11.3 Å². The minimum absolute atomic E-state index is 0.0696. The van der Waals surface area contributed by atoms with Crippen LogP contribution in [0.3, 0.4) is 0 Å². The highest BCUT2D eigenvalue weighted by Gasteiger charge is 2.20. The molecule has 0 radical (unpaired) electrons. The van der Waals surface area contributed by atoms with Gasteiger partial charge in [0.15, 0.2) is 11.0 Å². The lowest BCUT2D eigenvalue weighted by Crippen LogP contribution is -2.07. The van der Waals surface area contributed by atoms with Gasteiger partial charge in [0, 0.05) is 23.7 Å². The van der Waals surface area contributed by atoms with E-state index in [-0.39, 0.29) is 11.0 Å². The van der Waals surface area contributed by atoms with E-state index in [2.05, 4.69) is 10.2 Å². The Morgan fingerprint density at radius 3 is 2.38 bits per heavy atom. The van der Waals surface area contributed by atoms with Crippen molar-refractivity contribution in [3.63, 3.8) is 0 Å². The summed E-state index contributed by atoms with van der Waals surface area (Å²) in [5, 5.41) is 21.2. The number of aliphatic carboxylic acids is 1. The molecule has 0 bridgehead atoms. The van der Waals surface area contributed by atoms with Crippen LogP contribution in [0.25, 0.3) is 28.2 Å². The van der Waals surface area contributed by atoms with Gasteiger partial charge in [-0.1, -0.05) is 30.3 Å². The normalized spacial score (nSPS) is 11.7. The number of thioether (sulfide) groups is 1. The van der Waals surface area contributed by atoms with Crippen molar-refractivity contribution in [1.82, 2.24) is 14.8 Å². The Morgan fingerprint density at radius 1 is 1.05 bits per heavy atom. The van der Waals surface area contributed by atoms with Gasteiger partial charge >= 0.3 is 5.97 Å². The highest BCUT2D eigenvalue weighted by Crippen LogP contribution is 2.36. The zero-order chi connectivity index (χ0) is 26.5. The molecule has 0 fully saturated rings. The van der Waals surface area contributed by atoms with E-state index in [0.29, 0.717) is 40.3 Å². The van der Waals surface area contributed by atoms with Crippen LogP contribution in [0.2, 0.25) is 0 Å². The van der Waals surface area contributed by atoms with Gasteiger partial charge in [0.1, 0.15) is 22.2 Å². The molecule has 0 saturated heterocycles. The summed E-state index contributed by atoms with van der Waals surface area (Å²) in [6.07, 6.45) is 1.58. The molecular weight excluding hydrogens is 490 g/mol. The van der Waals surface area contributed by atoms with Crippen molar-refractivity contribution >= 4 is 34.6 Å². The van der Waals surface area contributed by atoms with E-state index in [0.717, 1.165) is 28.1 Å². The van der Waals surface area contributed by atoms with Crippen LogP contribution < -0.4 is 14.2 Å². The van der Waals surface area contributed by atoms with Crippen molar-refractivity contribution < 1.29 is 24.1 Å². The molecule has 1 aromatic heterocycles. The molecule has 8 nitrogen and oxygen atoms in total. The number of methoxy groups -OCH3 is 2. The number of hydrogen-bond acceptors (Lipinski definition) is 7. The summed E-state index contributed by atoms with van der Waals surface area (Å²) < 4.78 is 18.7. The molecule has 4 aromatic rings. The number of aromatic nitrogens is 3. The molecule has 3 aromatic carbocycles. The zero-order valence-corrected chi connectivity index (χ0v) is 22.2. The summed E-state index contributed by atoms with van der Waals surface area (Å²) in [5.41, 5.74) is 1.46. The third-order valence-corrected chi connectivity index (χ3v) is 6.62. The lowest BCUT2D eigenvalue weighted by molar-refractivity contribution is -0.131. The van der Waals surface area contributed by atoms with E-state index >= 15 is 0 Å². The lowest BCUT2D eigenvalue weighted by atomic mass is 10.0. The Labute approximate surface area is 219 Å². The molecule has 0 spiro atoms. The van der Waals surface area contributed by atoms with E-state index in [1.54, 1.807) is 26.4 Å². The zero-order valence-electron chi connectivity index (χ0n) is 21.4. The second kappa shape index (κ2) is 11.4. The van der Waals surface area contributed by atoms with Crippen molar-refractivity contribution in [3.05, 3.63) is 65.1 Å². The van der Waals surface area contributed by atoms with E-state index in [4.69, 9.17) is 14.2 Å². The van der Waals surface area contributed by atoms with Crippen LogP contribution in [0.1, 0.15) is 26.3 Å². The lowest BCUT2D eigenvalue weighted by Gasteiger charge is -2.15. The summed E-state index contributed by atoms with van der Waals surface area (Å²) in [7, 11) is 3.16. The summed E-state index contributed by atoms with van der Waals surface area (Å²) >= 11 is 1.05. The molecule has 0 aliphatic heterocycles. The van der Waals surface area contributed by atoms with E-state index < -0.39 is 5.97 Å². The SMILES string of the molecule is CCn1c(S/C(=C\c2c(OC(C)C)ccc3ccccc23)C(=O)O)nnc1-c1cc(OC)cc(OC)c1. The molecule has 1 heterocycles. The van der Waals surface area contributed by atoms with Gasteiger partial charge in [0.05, 0.1) is 20.3 Å². The van der Waals surface area contributed by atoms with Gasteiger partial charge in [-0.05, 0) is 67.6 Å². The Balaban J connectivity index is 1.80. The third-order valence-electron chi connectivity index (χ3n) is 5.62. The minimum atomic E-state index is -1.07. The van der Waals surface area contributed by atoms with Crippen LogP contribution >= 0.6 is 11.8 Å². The van der Waals surface area contributed by atoms with E-state index in [9.17, 15) is 9.90 Å². The van der Waals surface area contributed by atoms with Crippen LogP contribution in [0.5, 0.6) is 17.2 Å². The van der Waals surface area contributed by atoms with Crippen molar-refractivity contribution in [2.24, 2.45) is 0 Å². The fraction of sp³-hybridized carbons (Fsp3) is 0.250. The fourth-order valence-corrected chi connectivity index (χ4v) is 4.81. The van der Waals surface area contributed by atoms with Crippen molar-refractivity contribution in [3.8, 4) is 28.6 Å². The molecule has 0 aliphatic carbocycles. The number of benzene rings is 3. The first-order chi connectivity index (χ1) is 17.8. The topological polar surface area (TPSA) is 95.7 Å². The monoisotopic (exact) mass is 519 g/mol. The first kappa shape index (κ1) is 26.1. The quantitative estimate of drug-likeness (QED) is 0.197. The number of carbonyl (C=O) groups is 1. The summed E-state index contributed by atoms with van der Waals surface area (Å²) in [5.74, 6) is 1.38. The molecule has 0 saturated carbocycles. The molecule has 37 heavy (non-hydrogen) atoms. The van der Waals surface area contributed by atoms with Crippen molar-refractivity contribution in [1.29, 1.82) is 0 Å². The molecular formula is C28H29N3O5S. The van der Waals surface area contributed by atoms with Crippen LogP contribution in [-0.4, -0.2) is 46.2 Å². The fourth-order valence-electron chi connectivity index (χ4n) is 3.94. The standard InChI is InChI=1S/C28H29N3O5S/c1-6-31-26(19-13-20(34-4)15-21(14-19)35-5)29-30-28(31)37-25(27(32)33)16-23-22-10-8-7-9-18(22)11-12-24(23)36-17(2)3/h7-17H,6H2,1-5H3,(H,32,33)/b25-16-. The average Bonchev–Trinajstić information content (AvgIpc) is 3.31. The maximum atomic E-state index is 12.4. The van der Waals surface area contributed by atoms with Gasteiger partial charge in [0.2, 0.25) is 0 Å². The van der Waals surface area contributed by atoms with Gasteiger partial charge in [-0.15, -0.1) is 10.2 Å². The first-order valence-corrected chi connectivity index (χ1v) is 12.6. The maximum Gasteiger partial charge on any atom is 0.342 e. The number of nitrogens with zero attached hydrogens (tertiary/aromatic N) is 3. The molecule has 4 rings (SSSR count). The second-order valence-electron chi connectivity index (χ2n) is 8.43. The average molecular weight is 520 g/mol. The van der Waals surface area contributed by atoms with Gasteiger partial charge < -0.3 is 23.9 Å². The maximum absolute atomic E-state index is 12.4. The summed E-state index contributed by atoms with van der Waals surface area (Å²) in [6, 6.07) is 17.1. The van der Waals surface area contributed by atoms with Crippen molar-refractivity contribution in [2.45, 2.75) is 38.6 Å². The molecule has 192 valence electrons. The van der Waals surface area contributed by atoms with Crippen LogP contribution in [0, 0.1) is 0 Å². The number of carboxylic acids is 1. The molecule has 0 aliphatic rings.